The lowest BCUT2D eigenvalue weighted by atomic mass is 10.1. The van der Waals surface area contributed by atoms with Gasteiger partial charge in [0.1, 0.15) is 0 Å². The van der Waals surface area contributed by atoms with E-state index in [1.165, 1.54) is 0 Å². The first-order valence-corrected chi connectivity index (χ1v) is 8.90. The third-order valence-corrected chi connectivity index (χ3v) is 4.13. The van der Waals surface area contributed by atoms with Crippen molar-refractivity contribution in [1.82, 2.24) is 15.3 Å². The van der Waals surface area contributed by atoms with E-state index >= 15 is 0 Å². The van der Waals surface area contributed by atoms with Gasteiger partial charge in [-0.3, -0.25) is 9.59 Å². The van der Waals surface area contributed by atoms with E-state index in [1.807, 2.05) is 56.3 Å². The first-order chi connectivity index (χ1) is 13.6. The number of benzene rings is 2. The fourth-order valence-corrected chi connectivity index (χ4v) is 2.77. The minimum absolute atomic E-state index is 0.0858. The molecule has 0 aliphatic carbocycles. The molecule has 7 nitrogen and oxygen atoms in total. The number of nitrogens with one attached hydrogen (secondary N) is 3. The number of aryl methyl sites for hydroxylation is 1. The predicted octanol–water partition coefficient (Wildman–Crippen LogP) is 3.51. The maximum Gasteiger partial charge on any atom is 0.251 e. The molecule has 0 saturated heterocycles. The van der Waals surface area contributed by atoms with E-state index < -0.39 is 0 Å². The van der Waals surface area contributed by atoms with Gasteiger partial charge in [-0.05, 0) is 55.8 Å². The molecule has 0 aliphatic heterocycles. The van der Waals surface area contributed by atoms with Crippen LogP contribution in [0.15, 0.2) is 54.7 Å². The second kappa shape index (κ2) is 8.77. The summed E-state index contributed by atoms with van der Waals surface area (Å²) in [6.07, 6.45) is 2.32. The number of hydrogen-bond donors (Lipinski definition) is 3. The van der Waals surface area contributed by atoms with Gasteiger partial charge in [0, 0.05) is 35.2 Å². The third kappa shape index (κ3) is 4.50. The average Bonchev–Trinajstić information content (AvgIpc) is 2.69. The zero-order valence-corrected chi connectivity index (χ0v) is 15.7. The standard InChI is InChI=1S/C21H21N5O2/c1-3-22-20(28)18-9-8-17(12-14(18)2)25-21-23-11-10-19(26-21)15-4-6-16(7-5-15)24-13-27/h4-13H,3H2,1-2H3,(H,22,28)(H,24,27)(H,23,25,26). The Hall–Kier alpha value is -3.74. The Bertz CT molecular complexity index is 986. The summed E-state index contributed by atoms with van der Waals surface area (Å²) in [4.78, 5) is 31.3. The Morgan fingerprint density at radius 1 is 1.07 bits per heavy atom. The van der Waals surface area contributed by atoms with E-state index in [0.29, 0.717) is 30.2 Å². The SMILES string of the molecule is CCNC(=O)c1ccc(Nc2nccc(-c3ccc(NC=O)cc3)n2)cc1C. The predicted molar refractivity (Wildman–Crippen MR) is 110 cm³/mol. The van der Waals surface area contributed by atoms with Crippen molar-refractivity contribution >= 4 is 29.6 Å². The van der Waals surface area contributed by atoms with Crippen LogP contribution in [0.2, 0.25) is 0 Å². The van der Waals surface area contributed by atoms with Crippen LogP contribution in [0.1, 0.15) is 22.8 Å². The zero-order valence-electron chi connectivity index (χ0n) is 15.7. The van der Waals surface area contributed by atoms with E-state index in [4.69, 9.17) is 0 Å². The molecule has 0 spiro atoms. The van der Waals surface area contributed by atoms with Crippen molar-refractivity contribution in [2.75, 3.05) is 17.2 Å². The molecule has 1 aromatic heterocycles. The van der Waals surface area contributed by atoms with Crippen LogP contribution in [0, 0.1) is 6.92 Å². The lowest BCUT2D eigenvalue weighted by Crippen LogP contribution is -2.23. The van der Waals surface area contributed by atoms with Gasteiger partial charge >= 0.3 is 0 Å². The highest BCUT2D eigenvalue weighted by atomic mass is 16.1. The van der Waals surface area contributed by atoms with Gasteiger partial charge in [0.05, 0.1) is 5.69 Å². The van der Waals surface area contributed by atoms with Gasteiger partial charge in [-0.15, -0.1) is 0 Å². The molecule has 0 fully saturated rings. The largest absolute Gasteiger partial charge is 0.352 e. The summed E-state index contributed by atoms with van der Waals surface area (Å²) in [7, 11) is 0. The Kier molecular flexibility index (Phi) is 5.96. The summed E-state index contributed by atoms with van der Waals surface area (Å²) < 4.78 is 0. The Morgan fingerprint density at radius 3 is 2.50 bits per heavy atom. The molecule has 28 heavy (non-hydrogen) atoms. The van der Waals surface area contributed by atoms with Crippen molar-refractivity contribution in [2.24, 2.45) is 0 Å². The van der Waals surface area contributed by atoms with Crippen LogP contribution in [-0.2, 0) is 4.79 Å². The summed E-state index contributed by atoms with van der Waals surface area (Å²) >= 11 is 0. The molecule has 0 bridgehead atoms. The minimum Gasteiger partial charge on any atom is -0.352 e. The second-order valence-corrected chi connectivity index (χ2v) is 6.12. The second-order valence-electron chi connectivity index (χ2n) is 6.12. The first-order valence-electron chi connectivity index (χ1n) is 8.90. The molecule has 7 heteroatoms. The molecule has 0 unspecified atom stereocenters. The minimum atomic E-state index is -0.0858. The molecule has 1 heterocycles. The number of aromatic nitrogens is 2. The van der Waals surface area contributed by atoms with Crippen LogP contribution in [-0.4, -0.2) is 28.8 Å². The van der Waals surface area contributed by atoms with Crippen molar-refractivity contribution in [3.05, 3.63) is 65.9 Å². The molecular formula is C21H21N5O2. The molecule has 0 aliphatic rings. The zero-order chi connectivity index (χ0) is 19.9. The van der Waals surface area contributed by atoms with Gasteiger partial charge in [0.25, 0.3) is 5.91 Å². The van der Waals surface area contributed by atoms with Gasteiger partial charge in [-0.2, -0.15) is 0 Å². The Labute approximate surface area is 163 Å². The maximum atomic E-state index is 12.0. The highest BCUT2D eigenvalue weighted by molar-refractivity contribution is 5.96. The van der Waals surface area contributed by atoms with Crippen LogP contribution >= 0.6 is 0 Å². The van der Waals surface area contributed by atoms with Gasteiger partial charge in [0.15, 0.2) is 0 Å². The first kappa shape index (κ1) is 19.0. The van der Waals surface area contributed by atoms with Crippen LogP contribution in [0.5, 0.6) is 0 Å². The number of carbonyl (C=O) groups is 2. The number of nitrogens with zero attached hydrogens (tertiary/aromatic N) is 2. The lowest BCUT2D eigenvalue weighted by molar-refractivity contribution is -0.105. The van der Waals surface area contributed by atoms with E-state index in [-0.39, 0.29) is 5.91 Å². The van der Waals surface area contributed by atoms with E-state index in [9.17, 15) is 9.59 Å². The number of carbonyl (C=O) groups excluding carboxylic acids is 2. The summed E-state index contributed by atoms with van der Waals surface area (Å²) in [5.74, 6) is 0.370. The van der Waals surface area contributed by atoms with Crippen molar-refractivity contribution in [3.63, 3.8) is 0 Å². The van der Waals surface area contributed by atoms with Crippen molar-refractivity contribution in [1.29, 1.82) is 0 Å². The average molecular weight is 375 g/mol. The van der Waals surface area contributed by atoms with Gasteiger partial charge in [-0.1, -0.05) is 12.1 Å². The Balaban J connectivity index is 1.78. The molecule has 0 radical (unpaired) electrons. The van der Waals surface area contributed by atoms with Gasteiger partial charge < -0.3 is 16.0 Å². The fraction of sp³-hybridized carbons (Fsp3) is 0.143. The van der Waals surface area contributed by atoms with E-state index in [1.54, 1.807) is 12.3 Å². The number of anilines is 3. The summed E-state index contributed by atoms with van der Waals surface area (Å²) in [5, 5.41) is 8.58. The quantitative estimate of drug-likeness (QED) is 0.549. The number of hydrogen-bond acceptors (Lipinski definition) is 5. The molecule has 3 aromatic rings. The third-order valence-electron chi connectivity index (χ3n) is 4.13. The summed E-state index contributed by atoms with van der Waals surface area (Å²) in [5.41, 5.74) is 4.69. The Morgan fingerprint density at radius 2 is 1.82 bits per heavy atom. The lowest BCUT2D eigenvalue weighted by Gasteiger charge is -2.10. The summed E-state index contributed by atoms with van der Waals surface area (Å²) in [6.45, 7) is 4.37. The van der Waals surface area contributed by atoms with E-state index in [2.05, 4.69) is 25.9 Å². The van der Waals surface area contributed by atoms with Crippen LogP contribution in [0.25, 0.3) is 11.3 Å². The highest BCUT2D eigenvalue weighted by Gasteiger charge is 2.09. The molecule has 3 N–H and O–H groups in total. The molecule has 2 amide bonds. The molecule has 0 atom stereocenters. The van der Waals surface area contributed by atoms with Crippen molar-refractivity contribution < 1.29 is 9.59 Å². The fourth-order valence-electron chi connectivity index (χ4n) is 2.77. The van der Waals surface area contributed by atoms with E-state index in [0.717, 1.165) is 22.5 Å². The van der Waals surface area contributed by atoms with Crippen molar-refractivity contribution in [3.8, 4) is 11.3 Å². The topological polar surface area (TPSA) is 96.0 Å². The van der Waals surface area contributed by atoms with Crippen LogP contribution in [0.4, 0.5) is 17.3 Å². The monoisotopic (exact) mass is 375 g/mol. The molecule has 2 aromatic carbocycles. The molecular weight excluding hydrogens is 354 g/mol. The molecule has 142 valence electrons. The molecule has 3 rings (SSSR count). The smallest absolute Gasteiger partial charge is 0.251 e. The van der Waals surface area contributed by atoms with Gasteiger partial charge in [0.2, 0.25) is 12.4 Å². The molecule has 0 saturated carbocycles. The number of rotatable bonds is 7. The highest BCUT2D eigenvalue weighted by Crippen LogP contribution is 2.22. The van der Waals surface area contributed by atoms with Crippen LogP contribution in [0.3, 0.4) is 0 Å². The number of amides is 2. The van der Waals surface area contributed by atoms with Crippen LogP contribution < -0.4 is 16.0 Å². The normalized spacial score (nSPS) is 10.2. The maximum absolute atomic E-state index is 12.0. The van der Waals surface area contributed by atoms with Gasteiger partial charge in [-0.25, -0.2) is 9.97 Å². The van der Waals surface area contributed by atoms with Crippen molar-refractivity contribution in [2.45, 2.75) is 13.8 Å². The summed E-state index contributed by atoms with van der Waals surface area (Å²) in [6, 6.07) is 14.7.